The van der Waals surface area contributed by atoms with Crippen LogP contribution in [0.25, 0.3) is 0 Å². The molecule has 1 aliphatic heterocycles. The molecule has 0 aliphatic carbocycles. The van der Waals surface area contributed by atoms with E-state index in [-0.39, 0.29) is 5.91 Å². The van der Waals surface area contributed by atoms with Crippen LogP contribution in [0.1, 0.15) is 11.1 Å². The fourth-order valence-electron chi connectivity index (χ4n) is 2.60. The Kier molecular flexibility index (Phi) is 3.98. The number of rotatable bonds is 3. The van der Waals surface area contributed by atoms with E-state index in [1.165, 1.54) is 11.1 Å². The number of para-hydroxylation sites is 2. The van der Waals surface area contributed by atoms with Crippen LogP contribution in [0.4, 0.5) is 5.69 Å². The van der Waals surface area contributed by atoms with Gasteiger partial charge in [-0.25, -0.2) is 5.84 Å². The number of benzene rings is 2. The third-order valence-electron chi connectivity index (χ3n) is 3.79. The van der Waals surface area contributed by atoms with E-state index in [1.54, 1.807) is 0 Å². The summed E-state index contributed by atoms with van der Waals surface area (Å²) in [4.78, 5) is 14.0. The maximum Gasteiger partial charge on any atom is 0.276 e. The molecule has 0 saturated heterocycles. The van der Waals surface area contributed by atoms with Gasteiger partial charge < -0.3 is 9.64 Å². The van der Waals surface area contributed by atoms with Gasteiger partial charge in [-0.3, -0.25) is 10.2 Å². The monoisotopic (exact) mass is 297 g/mol. The number of nitrogens with two attached hydrogens (primary N) is 1. The van der Waals surface area contributed by atoms with E-state index in [1.807, 2.05) is 24.3 Å². The molecule has 0 radical (unpaired) electrons. The zero-order chi connectivity index (χ0) is 15.5. The molecule has 1 atom stereocenters. The third kappa shape index (κ3) is 2.89. The number of anilines is 1. The highest BCUT2D eigenvalue weighted by molar-refractivity contribution is 5.82. The summed E-state index contributed by atoms with van der Waals surface area (Å²) in [6.45, 7) is 3.25. The van der Waals surface area contributed by atoms with Crippen molar-refractivity contribution in [1.82, 2.24) is 5.43 Å². The molecule has 1 aliphatic rings. The average molecular weight is 297 g/mol. The summed E-state index contributed by atoms with van der Waals surface area (Å²) >= 11 is 0. The Morgan fingerprint density at radius 2 is 2.00 bits per heavy atom. The molecule has 2 aromatic rings. The molecule has 3 rings (SSSR count). The largest absolute Gasteiger partial charge is 0.476 e. The standard InChI is InChI=1S/C17H19N3O2/c1-12-6-8-13(9-7-12)10-20-11-16(17(21)19-18)22-15-5-3-2-4-14(15)20/h2-9,16H,10-11,18H2,1H3,(H,19,21). The van der Waals surface area contributed by atoms with Crippen molar-refractivity contribution in [2.75, 3.05) is 11.4 Å². The van der Waals surface area contributed by atoms with E-state index >= 15 is 0 Å². The molecular formula is C17H19N3O2. The van der Waals surface area contributed by atoms with E-state index < -0.39 is 6.10 Å². The van der Waals surface area contributed by atoms with Crippen molar-refractivity contribution < 1.29 is 9.53 Å². The van der Waals surface area contributed by atoms with Crippen molar-refractivity contribution in [1.29, 1.82) is 0 Å². The van der Waals surface area contributed by atoms with E-state index in [2.05, 4.69) is 41.5 Å². The molecular weight excluding hydrogens is 278 g/mol. The first kappa shape index (κ1) is 14.4. The normalized spacial score (nSPS) is 16.6. The summed E-state index contributed by atoms with van der Waals surface area (Å²) in [5.41, 5.74) is 5.57. The number of nitrogens with one attached hydrogen (secondary N) is 1. The second-order valence-electron chi connectivity index (χ2n) is 5.45. The van der Waals surface area contributed by atoms with Crippen LogP contribution in [0.2, 0.25) is 0 Å². The van der Waals surface area contributed by atoms with Crippen molar-refractivity contribution in [3.63, 3.8) is 0 Å². The molecule has 5 heteroatoms. The van der Waals surface area contributed by atoms with Gasteiger partial charge >= 0.3 is 0 Å². The van der Waals surface area contributed by atoms with Crippen LogP contribution in [-0.4, -0.2) is 18.6 Å². The first-order valence-corrected chi connectivity index (χ1v) is 7.24. The Balaban J connectivity index is 1.88. The first-order chi connectivity index (χ1) is 10.7. The zero-order valence-electron chi connectivity index (χ0n) is 12.5. The molecule has 1 amide bonds. The van der Waals surface area contributed by atoms with E-state index in [0.29, 0.717) is 12.3 Å². The first-order valence-electron chi connectivity index (χ1n) is 7.24. The minimum Gasteiger partial charge on any atom is -0.476 e. The van der Waals surface area contributed by atoms with Gasteiger partial charge in [-0.15, -0.1) is 0 Å². The summed E-state index contributed by atoms with van der Waals surface area (Å²) in [5, 5.41) is 0. The number of hydrazine groups is 1. The SMILES string of the molecule is Cc1ccc(CN2CC(C(=O)NN)Oc3ccccc32)cc1. The summed E-state index contributed by atoms with van der Waals surface area (Å²) in [6, 6.07) is 16.1. The van der Waals surface area contributed by atoms with Crippen LogP contribution in [0.15, 0.2) is 48.5 Å². The van der Waals surface area contributed by atoms with Gasteiger partial charge in [0.15, 0.2) is 6.10 Å². The lowest BCUT2D eigenvalue weighted by Crippen LogP contribution is -2.50. The third-order valence-corrected chi connectivity index (χ3v) is 3.79. The molecule has 22 heavy (non-hydrogen) atoms. The zero-order valence-corrected chi connectivity index (χ0v) is 12.5. The van der Waals surface area contributed by atoms with E-state index in [9.17, 15) is 4.79 Å². The van der Waals surface area contributed by atoms with E-state index in [4.69, 9.17) is 10.6 Å². The molecule has 3 N–H and O–H groups in total. The highest BCUT2D eigenvalue weighted by Gasteiger charge is 2.30. The van der Waals surface area contributed by atoms with Gasteiger partial charge in [0.05, 0.1) is 12.2 Å². The Morgan fingerprint density at radius 1 is 1.27 bits per heavy atom. The molecule has 2 aromatic carbocycles. The van der Waals surface area contributed by atoms with Gasteiger partial charge in [0.25, 0.3) is 5.91 Å². The lowest BCUT2D eigenvalue weighted by molar-refractivity contribution is -0.127. The number of fused-ring (bicyclic) bond motifs is 1. The predicted octanol–water partition coefficient (Wildman–Crippen LogP) is 1.75. The molecule has 114 valence electrons. The predicted molar refractivity (Wildman–Crippen MR) is 85.4 cm³/mol. The maximum atomic E-state index is 11.8. The van der Waals surface area contributed by atoms with Gasteiger partial charge in [-0.1, -0.05) is 42.0 Å². The number of hydrogen-bond acceptors (Lipinski definition) is 4. The van der Waals surface area contributed by atoms with Crippen LogP contribution < -0.4 is 20.9 Å². The highest BCUT2D eigenvalue weighted by Crippen LogP contribution is 2.34. The summed E-state index contributed by atoms with van der Waals surface area (Å²) in [6.07, 6.45) is -0.606. The van der Waals surface area contributed by atoms with Crippen molar-refractivity contribution in [2.24, 2.45) is 5.84 Å². The number of carbonyl (C=O) groups is 1. The number of aryl methyl sites for hydroxylation is 1. The summed E-state index contributed by atoms with van der Waals surface area (Å²) < 4.78 is 5.74. The number of amides is 1. The van der Waals surface area contributed by atoms with Crippen molar-refractivity contribution >= 4 is 11.6 Å². The Morgan fingerprint density at radius 3 is 2.73 bits per heavy atom. The van der Waals surface area contributed by atoms with Crippen LogP contribution >= 0.6 is 0 Å². The minimum atomic E-state index is -0.606. The summed E-state index contributed by atoms with van der Waals surface area (Å²) in [5.74, 6) is 5.63. The van der Waals surface area contributed by atoms with Crippen molar-refractivity contribution in [3.8, 4) is 5.75 Å². The molecule has 0 spiro atoms. The lowest BCUT2D eigenvalue weighted by atomic mass is 10.1. The van der Waals surface area contributed by atoms with Crippen LogP contribution in [0, 0.1) is 6.92 Å². The lowest BCUT2D eigenvalue weighted by Gasteiger charge is -2.35. The molecule has 0 bridgehead atoms. The van der Waals surface area contributed by atoms with E-state index in [0.717, 1.165) is 12.2 Å². The highest BCUT2D eigenvalue weighted by atomic mass is 16.5. The number of carbonyl (C=O) groups excluding carboxylic acids is 1. The Bertz CT molecular complexity index is 670. The van der Waals surface area contributed by atoms with Crippen LogP contribution in [0.5, 0.6) is 5.75 Å². The molecule has 1 heterocycles. The number of nitrogens with zero attached hydrogens (tertiary/aromatic N) is 1. The fraction of sp³-hybridized carbons (Fsp3) is 0.235. The molecule has 0 aromatic heterocycles. The quantitative estimate of drug-likeness (QED) is 0.514. The average Bonchev–Trinajstić information content (AvgIpc) is 2.56. The smallest absolute Gasteiger partial charge is 0.276 e. The minimum absolute atomic E-state index is 0.316. The molecule has 0 saturated carbocycles. The fourth-order valence-corrected chi connectivity index (χ4v) is 2.60. The van der Waals surface area contributed by atoms with Gasteiger partial charge in [0, 0.05) is 6.54 Å². The van der Waals surface area contributed by atoms with Gasteiger partial charge in [0.2, 0.25) is 0 Å². The van der Waals surface area contributed by atoms with Crippen molar-refractivity contribution in [2.45, 2.75) is 19.6 Å². The second kappa shape index (κ2) is 6.07. The van der Waals surface area contributed by atoms with Crippen molar-refractivity contribution in [3.05, 3.63) is 59.7 Å². The Labute approximate surface area is 129 Å². The molecule has 5 nitrogen and oxygen atoms in total. The number of hydrogen-bond donors (Lipinski definition) is 2. The van der Waals surface area contributed by atoms with Gasteiger partial charge in [-0.2, -0.15) is 0 Å². The second-order valence-corrected chi connectivity index (χ2v) is 5.45. The topological polar surface area (TPSA) is 67.6 Å². The van der Waals surface area contributed by atoms with Gasteiger partial charge in [-0.05, 0) is 24.6 Å². The number of ether oxygens (including phenoxy) is 1. The van der Waals surface area contributed by atoms with Crippen LogP contribution in [0.3, 0.4) is 0 Å². The summed E-state index contributed by atoms with van der Waals surface area (Å²) in [7, 11) is 0. The molecule has 1 unspecified atom stereocenters. The van der Waals surface area contributed by atoms with Crippen LogP contribution in [-0.2, 0) is 11.3 Å². The Hall–Kier alpha value is -2.53. The molecule has 0 fully saturated rings. The maximum absolute atomic E-state index is 11.8. The van der Waals surface area contributed by atoms with Gasteiger partial charge in [0.1, 0.15) is 5.75 Å².